The number of nitriles is 1. The van der Waals surface area contributed by atoms with Crippen LogP contribution in [0.1, 0.15) is 29.1 Å². The molecule has 2 N–H and O–H groups in total. The van der Waals surface area contributed by atoms with Gasteiger partial charge in [0.05, 0.1) is 21.4 Å². The summed E-state index contributed by atoms with van der Waals surface area (Å²) in [4.78, 5) is 11.5. The second kappa shape index (κ2) is 4.55. The third kappa shape index (κ3) is 2.08. The fourth-order valence-corrected chi connectivity index (χ4v) is 3.50. The van der Waals surface area contributed by atoms with Crippen molar-refractivity contribution in [2.45, 2.75) is 18.1 Å². The Bertz CT molecular complexity index is 471. The lowest BCUT2D eigenvalue weighted by Gasteiger charge is -1.93. The van der Waals surface area contributed by atoms with Crippen molar-refractivity contribution in [3.05, 3.63) is 10.4 Å². The highest BCUT2D eigenvalue weighted by Crippen LogP contribution is 2.33. The highest BCUT2D eigenvalue weighted by molar-refractivity contribution is 7.87. The molecule has 1 heterocycles. The third-order valence-electron chi connectivity index (χ3n) is 1.81. The number of hydrogen-bond donors (Lipinski definition) is 1. The normalized spacial score (nSPS) is 12.1. The maximum atomic E-state index is 11.6. The average molecular weight is 242 g/mol. The SMILES string of the molecule is CCS(=O)c1sc(C(C)=O)c(N)c1C#N. The summed E-state index contributed by atoms with van der Waals surface area (Å²) in [5, 5.41) is 8.87. The van der Waals surface area contributed by atoms with Gasteiger partial charge in [-0.1, -0.05) is 6.92 Å². The number of rotatable bonds is 3. The van der Waals surface area contributed by atoms with Gasteiger partial charge in [-0.2, -0.15) is 5.26 Å². The van der Waals surface area contributed by atoms with Crippen LogP contribution in [0.25, 0.3) is 0 Å². The lowest BCUT2D eigenvalue weighted by atomic mass is 10.2. The van der Waals surface area contributed by atoms with Gasteiger partial charge in [0, 0.05) is 12.7 Å². The standard InChI is InChI=1S/C9H10N2O2S2/c1-3-15(13)9-6(4-10)7(11)8(14-9)5(2)12/h3,11H2,1-2H3. The number of carbonyl (C=O) groups is 1. The van der Waals surface area contributed by atoms with Gasteiger partial charge in [-0.15, -0.1) is 11.3 Å². The molecule has 0 aromatic carbocycles. The highest BCUT2D eigenvalue weighted by atomic mass is 32.2. The number of thiophene rings is 1. The molecule has 1 aromatic heterocycles. The smallest absolute Gasteiger partial charge is 0.171 e. The Morgan fingerprint density at radius 1 is 1.67 bits per heavy atom. The maximum absolute atomic E-state index is 11.6. The molecule has 0 saturated carbocycles. The van der Waals surface area contributed by atoms with Crippen LogP contribution in [-0.4, -0.2) is 15.7 Å². The quantitative estimate of drug-likeness (QED) is 0.815. The second-order valence-corrected chi connectivity index (χ2v) is 5.77. The Kier molecular flexibility index (Phi) is 3.61. The predicted octanol–water partition coefficient (Wildman–Crippen LogP) is 1.53. The van der Waals surface area contributed by atoms with Crippen LogP contribution in [0.5, 0.6) is 0 Å². The summed E-state index contributed by atoms with van der Waals surface area (Å²) >= 11 is 1.05. The lowest BCUT2D eigenvalue weighted by molar-refractivity contribution is 0.102. The second-order valence-electron chi connectivity index (χ2n) is 2.81. The van der Waals surface area contributed by atoms with E-state index in [-0.39, 0.29) is 17.0 Å². The Hall–Kier alpha value is -1.19. The molecule has 0 aliphatic rings. The Balaban J connectivity index is 3.42. The van der Waals surface area contributed by atoms with Crippen LogP contribution in [0, 0.1) is 11.3 Å². The van der Waals surface area contributed by atoms with Crippen LogP contribution < -0.4 is 5.73 Å². The largest absolute Gasteiger partial charge is 0.396 e. The van der Waals surface area contributed by atoms with Crippen LogP contribution >= 0.6 is 11.3 Å². The van der Waals surface area contributed by atoms with E-state index < -0.39 is 10.8 Å². The van der Waals surface area contributed by atoms with E-state index in [0.29, 0.717) is 14.8 Å². The molecule has 1 rings (SSSR count). The lowest BCUT2D eigenvalue weighted by Crippen LogP contribution is -1.97. The summed E-state index contributed by atoms with van der Waals surface area (Å²) in [6.07, 6.45) is 0. The Morgan fingerprint density at radius 2 is 2.27 bits per heavy atom. The number of hydrogen-bond acceptors (Lipinski definition) is 5. The van der Waals surface area contributed by atoms with Gasteiger partial charge in [0.15, 0.2) is 5.78 Å². The van der Waals surface area contributed by atoms with Crippen LogP contribution in [-0.2, 0) is 10.8 Å². The van der Waals surface area contributed by atoms with Crippen molar-refractivity contribution < 1.29 is 9.00 Å². The molecule has 1 aromatic rings. The molecule has 0 aliphatic heterocycles. The number of carbonyl (C=O) groups excluding carboxylic acids is 1. The van der Waals surface area contributed by atoms with Gasteiger partial charge >= 0.3 is 0 Å². The zero-order chi connectivity index (χ0) is 11.6. The van der Waals surface area contributed by atoms with Crippen molar-refractivity contribution in [3.8, 4) is 6.07 Å². The van der Waals surface area contributed by atoms with Gasteiger partial charge in [0.2, 0.25) is 0 Å². The summed E-state index contributed by atoms with van der Waals surface area (Å²) in [6, 6.07) is 1.89. The fourth-order valence-electron chi connectivity index (χ4n) is 1.08. The van der Waals surface area contributed by atoms with Crippen LogP contribution in [0.3, 0.4) is 0 Å². The predicted molar refractivity (Wildman–Crippen MR) is 60.4 cm³/mol. The van der Waals surface area contributed by atoms with Gasteiger partial charge in [0.1, 0.15) is 15.8 Å². The van der Waals surface area contributed by atoms with Crippen LogP contribution in [0.2, 0.25) is 0 Å². The first-order valence-electron chi connectivity index (χ1n) is 4.24. The minimum absolute atomic E-state index is 0.159. The summed E-state index contributed by atoms with van der Waals surface area (Å²) in [6.45, 7) is 3.13. The Labute approximate surface area is 94.2 Å². The molecule has 1 unspecified atom stereocenters. The first-order valence-corrected chi connectivity index (χ1v) is 6.38. The van der Waals surface area contributed by atoms with Crippen molar-refractivity contribution >= 4 is 33.6 Å². The molecule has 80 valence electrons. The van der Waals surface area contributed by atoms with E-state index in [4.69, 9.17) is 11.0 Å². The molecule has 0 saturated heterocycles. The van der Waals surface area contributed by atoms with Crippen molar-refractivity contribution in [2.24, 2.45) is 0 Å². The summed E-state index contributed by atoms with van der Waals surface area (Å²) < 4.78 is 12.0. The molecular formula is C9H10N2O2S2. The van der Waals surface area contributed by atoms with Gasteiger partial charge in [0.25, 0.3) is 0 Å². The number of nitrogens with zero attached hydrogens (tertiary/aromatic N) is 1. The minimum atomic E-state index is -1.24. The van der Waals surface area contributed by atoms with Gasteiger partial charge in [-0.3, -0.25) is 9.00 Å². The van der Waals surface area contributed by atoms with E-state index in [1.54, 1.807) is 6.92 Å². The zero-order valence-electron chi connectivity index (χ0n) is 8.36. The Morgan fingerprint density at radius 3 is 2.67 bits per heavy atom. The number of ketones is 1. The van der Waals surface area contributed by atoms with Crippen molar-refractivity contribution in [1.29, 1.82) is 5.26 Å². The summed E-state index contributed by atoms with van der Waals surface area (Å²) in [7, 11) is -1.24. The minimum Gasteiger partial charge on any atom is -0.396 e. The molecule has 0 amide bonds. The van der Waals surface area contributed by atoms with Gasteiger partial charge in [-0.05, 0) is 0 Å². The summed E-state index contributed by atoms with van der Waals surface area (Å²) in [5.41, 5.74) is 5.99. The number of Topliss-reactive ketones (excluding diaryl/α,β-unsaturated/α-hetero) is 1. The molecule has 15 heavy (non-hydrogen) atoms. The van der Waals surface area contributed by atoms with E-state index in [1.807, 2.05) is 6.07 Å². The van der Waals surface area contributed by atoms with E-state index in [1.165, 1.54) is 6.92 Å². The van der Waals surface area contributed by atoms with E-state index >= 15 is 0 Å². The molecule has 1 atom stereocenters. The van der Waals surface area contributed by atoms with E-state index in [2.05, 4.69) is 0 Å². The molecule has 4 nitrogen and oxygen atoms in total. The van der Waals surface area contributed by atoms with Crippen molar-refractivity contribution in [3.63, 3.8) is 0 Å². The monoisotopic (exact) mass is 242 g/mol. The molecule has 0 radical (unpaired) electrons. The molecule has 0 fully saturated rings. The fraction of sp³-hybridized carbons (Fsp3) is 0.333. The van der Waals surface area contributed by atoms with Gasteiger partial charge < -0.3 is 5.73 Å². The first-order chi connectivity index (χ1) is 7.02. The number of nitrogens with two attached hydrogens (primary N) is 1. The van der Waals surface area contributed by atoms with Gasteiger partial charge in [-0.25, -0.2) is 0 Å². The molecule has 6 heteroatoms. The topological polar surface area (TPSA) is 83.9 Å². The number of nitrogen functional groups attached to an aromatic ring is 1. The average Bonchev–Trinajstić information content (AvgIpc) is 2.54. The molecule has 0 bridgehead atoms. The van der Waals surface area contributed by atoms with Crippen LogP contribution in [0.15, 0.2) is 4.21 Å². The molecular weight excluding hydrogens is 232 g/mol. The van der Waals surface area contributed by atoms with Crippen molar-refractivity contribution in [2.75, 3.05) is 11.5 Å². The zero-order valence-corrected chi connectivity index (χ0v) is 10.00. The first kappa shape index (κ1) is 11.9. The maximum Gasteiger partial charge on any atom is 0.171 e. The third-order valence-corrected chi connectivity index (χ3v) is 4.86. The summed E-state index contributed by atoms with van der Waals surface area (Å²) in [5.74, 6) is 0.208. The molecule has 0 aliphatic carbocycles. The van der Waals surface area contributed by atoms with Crippen molar-refractivity contribution in [1.82, 2.24) is 0 Å². The highest BCUT2D eigenvalue weighted by Gasteiger charge is 2.21. The van der Waals surface area contributed by atoms with E-state index in [0.717, 1.165) is 11.3 Å². The van der Waals surface area contributed by atoms with Crippen LogP contribution in [0.4, 0.5) is 5.69 Å². The van der Waals surface area contributed by atoms with E-state index in [9.17, 15) is 9.00 Å². The number of anilines is 1. The molecule has 0 spiro atoms.